The number of nitrogens with one attached hydrogen (secondary N) is 1. The maximum atomic E-state index is 11.6. The second kappa shape index (κ2) is 4.06. The molecule has 0 bridgehead atoms. The summed E-state index contributed by atoms with van der Waals surface area (Å²) in [5.41, 5.74) is 2.35. The Balaban J connectivity index is 2.29. The van der Waals surface area contributed by atoms with E-state index in [1.165, 1.54) is 12.5 Å². The molecule has 0 radical (unpaired) electrons. The first-order valence-corrected chi connectivity index (χ1v) is 6.14. The van der Waals surface area contributed by atoms with E-state index in [-0.39, 0.29) is 5.56 Å². The van der Waals surface area contributed by atoms with Gasteiger partial charge in [0.1, 0.15) is 5.39 Å². The largest absolute Gasteiger partial charge is 0.312 e. The van der Waals surface area contributed by atoms with Crippen LogP contribution in [0.2, 0.25) is 0 Å². The highest BCUT2D eigenvalue weighted by Gasteiger charge is 2.09. The second-order valence-electron chi connectivity index (χ2n) is 3.96. The number of rotatable bonds is 1. The number of H-pyrrole nitrogens is 1. The van der Waals surface area contributed by atoms with Gasteiger partial charge >= 0.3 is 0 Å². The highest BCUT2D eigenvalue weighted by Crippen LogP contribution is 2.20. The van der Waals surface area contributed by atoms with Gasteiger partial charge in [-0.15, -0.1) is 0 Å². The Morgan fingerprint density at radius 3 is 3.00 bits per heavy atom. The molecule has 0 amide bonds. The first-order valence-electron chi connectivity index (χ1n) is 5.35. The molecule has 3 aromatic rings. The van der Waals surface area contributed by atoms with Crippen LogP contribution in [0.5, 0.6) is 0 Å². The smallest absolute Gasteiger partial charge is 0.261 e. The maximum absolute atomic E-state index is 11.6. The summed E-state index contributed by atoms with van der Waals surface area (Å²) >= 11 is 3.45. The average molecular weight is 305 g/mol. The zero-order valence-electron chi connectivity index (χ0n) is 9.51. The van der Waals surface area contributed by atoms with E-state index in [4.69, 9.17) is 0 Å². The fraction of sp³-hybridized carbons (Fsp3) is 0.0833. The minimum Gasteiger partial charge on any atom is -0.312 e. The average Bonchev–Trinajstić information content (AvgIpc) is 2.78. The van der Waals surface area contributed by atoms with Crippen LogP contribution < -0.4 is 5.56 Å². The van der Waals surface area contributed by atoms with Crippen LogP contribution in [0.4, 0.5) is 0 Å². The van der Waals surface area contributed by atoms with Gasteiger partial charge in [-0.2, -0.15) is 5.10 Å². The first-order chi connectivity index (χ1) is 8.66. The topological polar surface area (TPSA) is 63.6 Å². The van der Waals surface area contributed by atoms with Crippen LogP contribution in [0.1, 0.15) is 5.56 Å². The number of nitrogens with zero attached hydrogens (tertiary/aromatic N) is 3. The Kier molecular flexibility index (Phi) is 2.52. The molecule has 0 saturated carbocycles. The molecule has 2 heterocycles. The Labute approximate surface area is 111 Å². The van der Waals surface area contributed by atoms with E-state index in [1.807, 2.05) is 25.1 Å². The van der Waals surface area contributed by atoms with Crippen molar-refractivity contribution < 1.29 is 0 Å². The molecule has 0 saturated heterocycles. The van der Waals surface area contributed by atoms with Crippen LogP contribution in [0.3, 0.4) is 0 Å². The van der Waals surface area contributed by atoms with Gasteiger partial charge in [0.25, 0.3) is 5.56 Å². The van der Waals surface area contributed by atoms with Crippen molar-refractivity contribution in [2.24, 2.45) is 0 Å². The molecular weight excluding hydrogens is 296 g/mol. The van der Waals surface area contributed by atoms with Gasteiger partial charge in [0, 0.05) is 4.47 Å². The number of benzene rings is 1. The SMILES string of the molecule is Cc1cc(-n2ncc3c(=O)[nH]cnc32)ccc1Br. The normalized spacial score (nSPS) is 11.0. The molecule has 1 aromatic carbocycles. The molecule has 0 fully saturated rings. The van der Waals surface area contributed by atoms with Gasteiger partial charge in [-0.1, -0.05) is 15.9 Å². The molecule has 18 heavy (non-hydrogen) atoms. The number of aromatic nitrogens is 4. The predicted octanol–water partition coefficient (Wildman–Crippen LogP) is 2.18. The standard InChI is InChI=1S/C12H9BrN4O/c1-7-4-8(2-3-10(7)13)17-11-9(5-16-17)12(18)15-6-14-11/h2-6H,1H3,(H,14,15,18). The minimum atomic E-state index is -0.180. The lowest BCUT2D eigenvalue weighted by atomic mass is 10.2. The van der Waals surface area contributed by atoms with Crippen molar-refractivity contribution in [1.29, 1.82) is 0 Å². The van der Waals surface area contributed by atoms with Crippen LogP contribution >= 0.6 is 15.9 Å². The summed E-state index contributed by atoms with van der Waals surface area (Å²) < 4.78 is 2.69. The van der Waals surface area contributed by atoms with E-state index in [2.05, 4.69) is 31.0 Å². The van der Waals surface area contributed by atoms with Gasteiger partial charge in [-0.25, -0.2) is 9.67 Å². The third-order valence-electron chi connectivity index (χ3n) is 2.76. The Morgan fingerprint density at radius 2 is 2.22 bits per heavy atom. The summed E-state index contributed by atoms with van der Waals surface area (Å²) in [6, 6.07) is 5.86. The van der Waals surface area contributed by atoms with Crippen LogP contribution in [-0.4, -0.2) is 19.7 Å². The molecule has 0 aliphatic rings. The van der Waals surface area contributed by atoms with E-state index in [0.29, 0.717) is 11.0 Å². The quantitative estimate of drug-likeness (QED) is 0.749. The zero-order valence-corrected chi connectivity index (χ0v) is 11.1. The highest BCUT2D eigenvalue weighted by atomic mass is 79.9. The van der Waals surface area contributed by atoms with Gasteiger partial charge in [0.05, 0.1) is 18.2 Å². The van der Waals surface area contributed by atoms with Crippen molar-refractivity contribution in [2.75, 3.05) is 0 Å². The lowest BCUT2D eigenvalue weighted by molar-refractivity contribution is 0.892. The van der Waals surface area contributed by atoms with E-state index >= 15 is 0 Å². The molecular formula is C12H9BrN4O. The first kappa shape index (κ1) is 11.2. The zero-order chi connectivity index (χ0) is 12.7. The van der Waals surface area contributed by atoms with Crippen LogP contribution in [0.25, 0.3) is 16.7 Å². The summed E-state index contributed by atoms with van der Waals surface area (Å²) in [4.78, 5) is 18.3. The number of fused-ring (bicyclic) bond motifs is 1. The van der Waals surface area contributed by atoms with Crippen LogP contribution in [0.15, 0.2) is 40.0 Å². The van der Waals surface area contributed by atoms with E-state index in [0.717, 1.165) is 15.7 Å². The molecule has 6 heteroatoms. The summed E-state index contributed by atoms with van der Waals surface area (Å²) in [7, 11) is 0. The van der Waals surface area contributed by atoms with Crippen molar-refractivity contribution >= 4 is 27.0 Å². The number of aryl methyl sites for hydroxylation is 1. The molecule has 3 rings (SSSR count). The van der Waals surface area contributed by atoms with E-state index in [1.54, 1.807) is 4.68 Å². The molecule has 0 atom stereocenters. The molecule has 0 aliphatic carbocycles. The maximum Gasteiger partial charge on any atom is 0.261 e. The Hall–Kier alpha value is -1.95. The molecule has 0 spiro atoms. The van der Waals surface area contributed by atoms with Crippen molar-refractivity contribution in [3.63, 3.8) is 0 Å². The third kappa shape index (κ3) is 1.65. The van der Waals surface area contributed by atoms with Crippen molar-refractivity contribution in [3.8, 4) is 5.69 Å². The molecule has 90 valence electrons. The van der Waals surface area contributed by atoms with E-state index in [9.17, 15) is 4.79 Å². The lowest BCUT2D eigenvalue weighted by Gasteiger charge is -2.05. The number of hydrogen-bond donors (Lipinski definition) is 1. The van der Waals surface area contributed by atoms with Gasteiger partial charge < -0.3 is 4.98 Å². The lowest BCUT2D eigenvalue weighted by Crippen LogP contribution is -2.06. The van der Waals surface area contributed by atoms with Crippen molar-refractivity contribution in [1.82, 2.24) is 19.7 Å². The van der Waals surface area contributed by atoms with Crippen molar-refractivity contribution in [2.45, 2.75) is 6.92 Å². The molecule has 0 aliphatic heterocycles. The molecule has 5 nitrogen and oxygen atoms in total. The fourth-order valence-electron chi connectivity index (χ4n) is 1.81. The van der Waals surface area contributed by atoms with Gasteiger partial charge in [0.15, 0.2) is 5.65 Å². The highest BCUT2D eigenvalue weighted by molar-refractivity contribution is 9.10. The monoisotopic (exact) mass is 304 g/mol. The molecule has 0 unspecified atom stereocenters. The number of aromatic amines is 1. The Bertz CT molecular complexity index is 790. The summed E-state index contributed by atoms with van der Waals surface area (Å²) in [5, 5.41) is 4.70. The number of halogens is 1. The molecule has 1 N–H and O–H groups in total. The van der Waals surface area contributed by atoms with Gasteiger partial charge in [-0.05, 0) is 30.7 Å². The summed E-state index contributed by atoms with van der Waals surface area (Å²) in [6.45, 7) is 2.00. The second-order valence-corrected chi connectivity index (χ2v) is 4.81. The fourth-order valence-corrected chi connectivity index (χ4v) is 2.05. The Morgan fingerprint density at radius 1 is 1.39 bits per heavy atom. The summed E-state index contributed by atoms with van der Waals surface area (Å²) in [6.07, 6.45) is 2.91. The van der Waals surface area contributed by atoms with Crippen LogP contribution in [0, 0.1) is 6.92 Å². The summed E-state index contributed by atoms with van der Waals surface area (Å²) in [5.74, 6) is 0. The molecule has 2 aromatic heterocycles. The van der Waals surface area contributed by atoms with Crippen LogP contribution in [-0.2, 0) is 0 Å². The van der Waals surface area contributed by atoms with Gasteiger partial charge in [0.2, 0.25) is 0 Å². The van der Waals surface area contributed by atoms with E-state index < -0.39 is 0 Å². The predicted molar refractivity (Wildman–Crippen MR) is 71.9 cm³/mol. The number of hydrogen-bond acceptors (Lipinski definition) is 3. The third-order valence-corrected chi connectivity index (χ3v) is 3.65. The minimum absolute atomic E-state index is 0.180. The van der Waals surface area contributed by atoms with Crippen molar-refractivity contribution in [3.05, 3.63) is 51.1 Å². The van der Waals surface area contributed by atoms with Gasteiger partial charge in [-0.3, -0.25) is 4.79 Å².